The third-order valence-electron chi connectivity index (χ3n) is 1.94. The van der Waals surface area contributed by atoms with Crippen LogP contribution in [0.4, 0.5) is 5.69 Å². The first kappa shape index (κ1) is 11.0. The monoisotopic (exact) mass is 208 g/mol. The van der Waals surface area contributed by atoms with Gasteiger partial charge in [-0.05, 0) is 18.2 Å². The van der Waals surface area contributed by atoms with Gasteiger partial charge in [0.1, 0.15) is 0 Å². The van der Waals surface area contributed by atoms with Gasteiger partial charge in [0.25, 0.3) is 5.91 Å². The highest BCUT2D eigenvalue weighted by Crippen LogP contribution is 2.14. The maximum Gasteiger partial charge on any atom is 0.337 e. The number of amides is 1. The highest BCUT2D eigenvalue weighted by atomic mass is 16.5. The van der Waals surface area contributed by atoms with Gasteiger partial charge in [-0.3, -0.25) is 4.79 Å². The van der Waals surface area contributed by atoms with Crippen molar-refractivity contribution in [2.45, 2.75) is 0 Å². The van der Waals surface area contributed by atoms with Crippen LogP contribution in [0, 0.1) is 0 Å². The summed E-state index contributed by atoms with van der Waals surface area (Å²) in [4.78, 5) is 22.4. The van der Waals surface area contributed by atoms with E-state index in [4.69, 9.17) is 5.73 Å². The van der Waals surface area contributed by atoms with E-state index in [2.05, 4.69) is 10.1 Å². The molecule has 0 spiro atoms. The van der Waals surface area contributed by atoms with Gasteiger partial charge in [0, 0.05) is 12.7 Å². The predicted molar refractivity (Wildman–Crippen MR) is 55.6 cm³/mol. The molecule has 1 aromatic rings. The van der Waals surface area contributed by atoms with Crippen LogP contribution in [-0.4, -0.2) is 26.0 Å². The number of nitrogen functional groups attached to an aromatic ring is 1. The van der Waals surface area contributed by atoms with Crippen molar-refractivity contribution in [2.24, 2.45) is 0 Å². The zero-order chi connectivity index (χ0) is 11.4. The van der Waals surface area contributed by atoms with Crippen molar-refractivity contribution in [3.63, 3.8) is 0 Å². The summed E-state index contributed by atoms with van der Waals surface area (Å²) in [5, 5.41) is 2.45. The van der Waals surface area contributed by atoms with E-state index in [1.54, 1.807) is 0 Å². The second-order valence-corrected chi connectivity index (χ2v) is 2.87. The van der Waals surface area contributed by atoms with Crippen molar-refractivity contribution in [3.8, 4) is 0 Å². The van der Waals surface area contributed by atoms with Crippen molar-refractivity contribution < 1.29 is 14.3 Å². The number of methoxy groups -OCH3 is 1. The molecular weight excluding hydrogens is 196 g/mol. The molecule has 15 heavy (non-hydrogen) atoms. The Balaban J connectivity index is 3.08. The van der Waals surface area contributed by atoms with E-state index in [1.165, 1.54) is 32.4 Å². The van der Waals surface area contributed by atoms with Crippen LogP contribution in [-0.2, 0) is 4.74 Å². The molecule has 0 fully saturated rings. The number of benzene rings is 1. The Morgan fingerprint density at radius 2 is 2.07 bits per heavy atom. The molecule has 0 aliphatic carbocycles. The molecule has 0 heterocycles. The minimum Gasteiger partial charge on any atom is -0.465 e. The molecule has 0 aromatic heterocycles. The van der Waals surface area contributed by atoms with Crippen molar-refractivity contribution in [1.82, 2.24) is 5.32 Å². The Labute approximate surface area is 87.2 Å². The van der Waals surface area contributed by atoms with Gasteiger partial charge < -0.3 is 15.8 Å². The summed E-state index contributed by atoms with van der Waals surface area (Å²) < 4.78 is 4.52. The van der Waals surface area contributed by atoms with Gasteiger partial charge in [-0.1, -0.05) is 0 Å². The molecule has 0 aliphatic heterocycles. The Morgan fingerprint density at radius 1 is 1.40 bits per heavy atom. The number of hydrogen-bond acceptors (Lipinski definition) is 4. The normalized spacial score (nSPS) is 9.47. The molecule has 1 aromatic carbocycles. The van der Waals surface area contributed by atoms with E-state index in [9.17, 15) is 9.59 Å². The smallest absolute Gasteiger partial charge is 0.337 e. The Bertz CT molecular complexity index is 402. The first-order valence-corrected chi connectivity index (χ1v) is 4.30. The second-order valence-electron chi connectivity index (χ2n) is 2.87. The van der Waals surface area contributed by atoms with Crippen molar-refractivity contribution >= 4 is 17.6 Å². The van der Waals surface area contributed by atoms with Gasteiger partial charge in [-0.15, -0.1) is 0 Å². The maximum absolute atomic E-state index is 11.3. The number of anilines is 1. The number of hydrogen-bond donors (Lipinski definition) is 2. The van der Waals surface area contributed by atoms with Gasteiger partial charge in [-0.25, -0.2) is 4.79 Å². The molecule has 80 valence electrons. The maximum atomic E-state index is 11.3. The highest BCUT2D eigenvalue weighted by Gasteiger charge is 2.11. The minimum absolute atomic E-state index is 0.247. The zero-order valence-corrected chi connectivity index (χ0v) is 8.53. The van der Waals surface area contributed by atoms with Gasteiger partial charge in [0.2, 0.25) is 0 Å². The fraction of sp³-hybridized carbons (Fsp3) is 0.200. The van der Waals surface area contributed by atoms with Gasteiger partial charge >= 0.3 is 5.97 Å². The molecular formula is C10H12N2O3. The average Bonchev–Trinajstić information content (AvgIpc) is 2.26. The third kappa shape index (κ3) is 2.25. The fourth-order valence-electron chi connectivity index (χ4n) is 1.15. The lowest BCUT2D eigenvalue weighted by Crippen LogP contribution is -2.19. The zero-order valence-electron chi connectivity index (χ0n) is 8.53. The van der Waals surface area contributed by atoms with E-state index in [1.807, 2.05) is 0 Å². The summed E-state index contributed by atoms with van der Waals surface area (Å²) in [5.41, 5.74) is 6.53. The van der Waals surface area contributed by atoms with E-state index in [0.29, 0.717) is 11.1 Å². The van der Waals surface area contributed by atoms with Crippen LogP contribution in [0.1, 0.15) is 20.7 Å². The summed E-state index contributed by atoms with van der Waals surface area (Å²) >= 11 is 0. The first-order chi connectivity index (χ1) is 7.10. The van der Waals surface area contributed by atoms with E-state index >= 15 is 0 Å². The van der Waals surface area contributed by atoms with Crippen LogP contribution in [0.2, 0.25) is 0 Å². The second kappa shape index (κ2) is 4.45. The van der Waals surface area contributed by atoms with Crippen molar-refractivity contribution in [1.29, 1.82) is 0 Å². The molecule has 0 bridgehead atoms. The molecule has 0 unspecified atom stereocenters. The van der Waals surface area contributed by atoms with Crippen molar-refractivity contribution in [3.05, 3.63) is 29.3 Å². The van der Waals surface area contributed by atoms with Gasteiger partial charge in [0.15, 0.2) is 0 Å². The number of carbonyl (C=O) groups excluding carboxylic acids is 2. The van der Waals surface area contributed by atoms with Crippen molar-refractivity contribution in [2.75, 3.05) is 19.9 Å². The number of ether oxygens (including phenoxy) is 1. The molecule has 3 N–H and O–H groups in total. The predicted octanol–water partition coefficient (Wildman–Crippen LogP) is 0.415. The summed E-state index contributed by atoms with van der Waals surface area (Å²) in [7, 11) is 2.79. The molecule has 0 atom stereocenters. The average molecular weight is 208 g/mol. The molecule has 0 aliphatic rings. The Morgan fingerprint density at radius 3 is 2.53 bits per heavy atom. The SMILES string of the molecule is CNC(=O)c1ccc(C(=O)OC)cc1N. The fourth-order valence-corrected chi connectivity index (χ4v) is 1.15. The van der Waals surface area contributed by atoms with Crippen LogP contribution in [0.15, 0.2) is 18.2 Å². The lowest BCUT2D eigenvalue weighted by Gasteiger charge is -2.05. The van der Waals surface area contributed by atoms with Gasteiger partial charge in [-0.2, -0.15) is 0 Å². The molecule has 5 heteroatoms. The Kier molecular flexibility index (Phi) is 3.28. The Hall–Kier alpha value is -2.04. The van der Waals surface area contributed by atoms with Crippen LogP contribution in [0.3, 0.4) is 0 Å². The molecule has 1 rings (SSSR count). The number of esters is 1. The molecule has 1 amide bonds. The lowest BCUT2D eigenvalue weighted by molar-refractivity contribution is 0.0600. The first-order valence-electron chi connectivity index (χ1n) is 4.30. The van der Waals surface area contributed by atoms with Crippen LogP contribution in [0.5, 0.6) is 0 Å². The van der Waals surface area contributed by atoms with E-state index in [-0.39, 0.29) is 11.6 Å². The molecule has 0 saturated carbocycles. The molecule has 5 nitrogen and oxygen atoms in total. The largest absolute Gasteiger partial charge is 0.465 e. The van der Waals surface area contributed by atoms with Crippen LogP contribution in [0.25, 0.3) is 0 Å². The summed E-state index contributed by atoms with van der Waals surface area (Å²) in [6.45, 7) is 0. The molecule has 0 saturated heterocycles. The lowest BCUT2D eigenvalue weighted by atomic mass is 10.1. The highest BCUT2D eigenvalue weighted by molar-refractivity contribution is 6.01. The number of carbonyl (C=O) groups is 2. The number of nitrogens with one attached hydrogen (secondary N) is 1. The summed E-state index contributed by atoms with van der Waals surface area (Å²) in [6, 6.07) is 4.39. The summed E-state index contributed by atoms with van der Waals surface area (Å²) in [5.74, 6) is -0.769. The standard InChI is InChI=1S/C10H12N2O3/c1-12-9(13)7-4-3-6(5-8(7)11)10(14)15-2/h3-5H,11H2,1-2H3,(H,12,13). The van der Waals surface area contributed by atoms with E-state index < -0.39 is 5.97 Å². The van der Waals surface area contributed by atoms with Crippen LogP contribution >= 0.6 is 0 Å². The van der Waals surface area contributed by atoms with E-state index in [0.717, 1.165) is 0 Å². The quantitative estimate of drug-likeness (QED) is 0.545. The third-order valence-corrected chi connectivity index (χ3v) is 1.94. The van der Waals surface area contributed by atoms with Crippen LogP contribution < -0.4 is 11.1 Å². The number of rotatable bonds is 2. The van der Waals surface area contributed by atoms with Gasteiger partial charge in [0.05, 0.1) is 18.2 Å². The summed E-state index contributed by atoms with van der Waals surface area (Å²) in [6.07, 6.45) is 0. The molecule has 0 radical (unpaired) electrons. The minimum atomic E-state index is -0.481. The number of nitrogens with two attached hydrogens (primary N) is 1. The topological polar surface area (TPSA) is 81.4 Å².